The minimum absolute atomic E-state index is 0.255. The molecule has 8 nitrogen and oxygen atoms in total. The number of halogens is 1. The first-order valence-electron chi connectivity index (χ1n) is 9.85. The number of amides is 1. The normalized spacial score (nSPS) is 11.0. The van der Waals surface area contributed by atoms with Gasteiger partial charge in [0.1, 0.15) is 5.82 Å². The Morgan fingerprint density at radius 1 is 1.03 bits per heavy atom. The molecule has 0 aliphatic carbocycles. The lowest BCUT2D eigenvalue weighted by atomic mass is 10.2. The highest BCUT2D eigenvalue weighted by molar-refractivity contribution is 5.94. The number of hydrogen-bond acceptors (Lipinski definition) is 6. The van der Waals surface area contributed by atoms with Crippen LogP contribution in [0.2, 0.25) is 0 Å². The molecule has 2 rings (SSSR count). The largest absolute Gasteiger partial charge is 0.377 e. The molecule has 0 unspecified atom stereocenters. The van der Waals surface area contributed by atoms with Gasteiger partial charge in [0.15, 0.2) is 0 Å². The molecule has 0 spiro atoms. The van der Waals surface area contributed by atoms with Crippen LogP contribution in [-0.4, -0.2) is 67.1 Å². The second-order valence-corrected chi connectivity index (χ2v) is 6.32. The van der Waals surface area contributed by atoms with Gasteiger partial charge in [0.25, 0.3) is 5.91 Å². The summed E-state index contributed by atoms with van der Waals surface area (Å²) in [5.74, 6) is -0.624. The second-order valence-electron chi connectivity index (χ2n) is 6.32. The molecule has 1 heterocycles. The van der Waals surface area contributed by atoms with Gasteiger partial charge in [-0.2, -0.15) is 0 Å². The van der Waals surface area contributed by atoms with Crippen LogP contribution in [-0.2, 0) is 27.2 Å². The van der Waals surface area contributed by atoms with Crippen LogP contribution in [0.3, 0.4) is 0 Å². The third-order valence-corrected chi connectivity index (χ3v) is 3.94. The van der Waals surface area contributed by atoms with E-state index in [-0.39, 0.29) is 11.7 Å². The van der Waals surface area contributed by atoms with Gasteiger partial charge in [-0.1, -0.05) is 18.6 Å². The maximum atomic E-state index is 12.8. The molecule has 160 valence electrons. The number of aromatic nitrogens is 3. The van der Waals surface area contributed by atoms with Crippen molar-refractivity contribution >= 4 is 5.91 Å². The van der Waals surface area contributed by atoms with Crippen LogP contribution in [0.1, 0.15) is 29.4 Å². The maximum absolute atomic E-state index is 12.8. The lowest BCUT2D eigenvalue weighted by molar-refractivity contribution is 0.0133. The minimum atomic E-state index is -0.369. The third-order valence-electron chi connectivity index (χ3n) is 3.94. The summed E-state index contributed by atoms with van der Waals surface area (Å²) in [7, 11) is 0. The van der Waals surface area contributed by atoms with E-state index in [1.807, 2.05) is 6.20 Å². The zero-order chi connectivity index (χ0) is 20.7. The number of ether oxygens (including phenoxy) is 3. The Morgan fingerprint density at radius 3 is 2.38 bits per heavy atom. The lowest BCUT2D eigenvalue weighted by Crippen LogP contribution is -2.27. The number of aryl methyl sites for hydroxylation is 1. The zero-order valence-corrected chi connectivity index (χ0v) is 16.8. The van der Waals surface area contributed by atoms with Gasteiger partial charge in [0, 0.05) is 18.3 Å². The fourth-order valence-corrected chi connectivity index (χ4v) is 2.46. The topological polar surface area (TPSA) is 87.5 Å². The number of rotatable bonds is 15. The van der Waals surface area contributed by atoms with Crippen molar-refractivity contribution in [2.75, 3.05) is 46.2 Å². The Morgan fingerprint density at radius 2 is 1.69 bits per heavy atom. The molecule has 0 saturated heterocycles. The summed E-state index contributed by atoms with van der Waals surface area (Å²) in [4.78, 5) is 11.8. The number of nitrogens with one attached hydrogen (secondary N) is 1. The van der Waals surface area contributed by atoms with E-state index in [0.29, 0.717) is 58.3 Å². The molecular formula is C20H29FN4O4. The van der Waals surface area contributed by atoms with Crippen LogP contribution in [0.4, 0.5) is 4.39 Å². The van der Waals surface area contributed by atoms with E-state index < -0.39 is 0 Å². The van der Waals surface area contributed by atoms with Crippen LogP contribution in [0.25, 0.3) is 0 Å². The summed E-state index contributed by atoms with van der Waals surface area (Å²) in [5.41, 5.74) is 1.42. The first kappa shape index (κ1) is 22.9. The van der Waals surface area contributed by atoms with Gasteiger partial charge in [-0.25, -0.2) is 9.07 Å². The predicted molar refractivity (Wildman–Crippen MR) is 105 cm³/mol. The maximum Gasteiger partial charge on any atom is 0.251 e. The van der Waals surface area contributed by atoms with Gasteiger partial charge >= 0.3 is 0 Å². The molecule has 9 heteroatoms. The van der Waals surface area contributed by atoms with Gasteiger partial charge in [-0.3, -0.25) is 4.79 Å². The molecule has 0 aliphatic heterocycles. The zero-order valence-electron chi connectivity index (χ0n) is 16.8. The third kappa shape index (κ3) is 9.60. The fourth-order valence-electron chi connectivity index (χ4n) is 2.46. The molecule has 0 saturated carbocycles. The van der Waals surface area contributed by atoms with Crippen molar-refractivity contribution in [1.29, 1.82) is 0 Å². The monoisotopic (exact) mass is 408 g/mol. The van der Waals surface area contributed by atoms with Gasteiger partial charge in [0.2, 0.25) is 0 Å². The Hall–Kier alpha value is -2.36. The van der Waals surface area contributed by atoms with Crippen molar-refractivity contribution in [3.8, 4) is 0 Å². The van der Waals surface area contributed by atoms with Gasteiger partial charge in [0.05, 0.1) is 51.9 Å². The SMILES string of the molecule is CCCc1cn(CCOCCOCCOCCNC(=O)c2ccc(F)cc2)nn1. The van der Waals surface area contributed by atoms with E-state index in [4.69, 9.17) is 14.2 Å². The highest BCUT2D eigenvalue weighted by atomic mass is 19.1. The smallest absolute Gasteiger partial charge is 0.251 e. The molecule has 1 amide bonds. The molecule has 0 fully saturated rings. The van der Waals surface area contributed by atoms with Crippen molar-refractivity contribution in [1.82, 2.24) is 20.3 Å². The average Bonchev–Trinajstić information content (AvgIpc) is 3.17. The van der Waals surface area contributed by atoms with Crippen molar-refractivity contribution in [2.45, 2.75) is 26.3 Å². The number of hydrogen-bond donors (Lipinski definition) is 1. The Kier molecular flexibility index (Phi) is 10.9. The van der Waals surface area contributed by atoms with Gasteiger partial charge in [-0.15, -0.1) is 5.10 Å². The highest BCUT2D eigenvalue weighted by Gasteiger charge is 2.04. The van der Waals surface area contributed by atoms with Crippen LogP contribution >= 0.6 is 0 Å². The molecule has 1 N–H and O–H groups in total. The summed E-state index contributed by atoms with van der Waals surface area (Å²) in [6, 6.07) is 5.39. The van der Waals surface area contributed by atoms with E-state index in [1.54, 1.807) is 4.68 Å². The molecule has 29 heavy (non-hydrogen) atoms. The highest BCUT2D eigenvalue weighted by Crippen LogP contribution is 2.02. The number of nitrogens with zero attached hydrogens (tertiary/aromatic N) is 3. The molecule has 1 aromatic heterocycles. The second kappa shape index (κ2) is 13.8. The number of benzene rings is 1. The Bertz CT molecular complexity index is 709. The van der Waals surface area contributed by atoms with Crippen molar-refractivity contribution in [3.63, 3.8) is 0 Å². The van der Waals surface area contributed by atoms with E-state index in [0.717, 1.165) is 18.5 Å². The summed E-state index contributed by atoms with van der Waals surface area (Å²) in [5, 5.41) is 10.8. The first-order valence-corrected chi connectivity index (χ1v) is 9.85. The van der Waals surface area contributed by atoms with Crippen LogP contribution < -0.4 is 5.32 Å². The average molecular weight is 408 g/mol. The van der Waals surface area contributed by atoms with E-state index in [1.165, 1.54) is 24.3 Å². The van der Waals surface area contributed by atoms with Crippen molar-refractivity contribution in [3.05, 3.63) is 47.5 Å². The first-order chi connectivity index (χ1) is 14.2. The van der Waals surface area contributed by atoms with Crippen LogP contribution in [0, 0.1) is 5.82 Å². The van der Waals surface area contributed by atoms with E-state index >= 15 is 0 Å². The van der Waals surface area contributed by atoms with Crippen molar-refractivity contribution in [2.24, 2.45) is 0 Å². The summed E-state index contributed by atoms with van der Waals surface area (Å²) in [6.45, 7) is 5.98. The van der Waals surface area contributed by atoms with Crippen LogP contribution in [0.5, 0.6) is 0 Å². The molecule has 2 aromatic rings. The van der Waals surface area contributed by atoms with Crippen LogP contribution in [0.15, 0.2) is 30.5 Å². The summed E-state index contributed by atoms with van der Waals surface area (Å²) < 4.78 is 30.9. The predicted octanol–water partition coefficient (Wildman–Crippen LogP) is 1.85. The summed E-state index contributed by atoms with van der Waals surface area (Å²) in [6.07, 6.45) is 3.95. The van der Waals surface area contributed by atoms with Crippen molar-refractivity contribution < 1.29 is 23.4 Å². The van der Waals surface area contributed by atoms with Gasteiger partial charge < -0.3 is 19.5 Å². The van der Waals surface area contributed by atoms with E-state index in [9.17, 15) is 9.18 Å². The van der Waals surface area contributed by atoms with E-state index in [2.05, 4.69) is 22.6 Å². The molecule has 0 aliphatic rings. The standard InChI is InChI=1S/C20H29FN4O4/c1-2-3-19-16-25(24-23-19)9-11-28-13-15-29-14-12-27-10-8-22-20(26)17-4-6-18(21)7-5-17/h4-7,16H,2-3,8-15H2,1H3,(H,22,26). The molecule has 0 atom stereocenters. The quantitative estimate of drug-likeness (QED) is 0.453. The fraction of sp³-hybridized carbons (Fsp3) is 0.550. The Labute approximate surface area is 170 Å². The molecule has 0 bridgehead atoms. The van der Waals surface area contributed by atoms with Gasteiger partial charge in [-0.05, 0) is 30.7 Å². The molecular weight excluding hydrogens is 379 g/mol. The Balaban J connectivity index is 1.37. The summed E-state index contributed by atoms with van der Waals surface area (Å²) >= 11 is 0. The number of carbonyl (C=O) groups excluding carboxylic acids is 1. The lowest BCUT2D eigenvalue weighted by Gasteiger charge is -2.08. The minimum Gasteiger partial charge on any atom is -0.377 e. The molecule has 1 aromatic carbocycles. The number of carbonyl (C=O) groups is 1. The molecule has 0 radical (unpaired) electrons.